The maximum Gasteiger partial charge on any atom is 0.408 e. The summed E-state index contributed by atoms with van der Waals surface area (Å²) in [5.74, 6) is 0.0770. The number of rotatable bonds is 19. The van der Waals surface area contributed by atoms with Crippen molar-refractivity contribution in [3.05, 3.63) is 189 Å². The Bertz CT molecular complexity index is 3800. The number of methoxy groups -OCH3 is 2. The van der Waals surface area contributed by atoms with Gasteiger partial charge in [0, 0.05) is 81.7 Å². The van der Waals surface area contributed by atoms with Crippen molar-refractivity contribution in [2.45, 2.75) is 71.1 Å². The molecule has 3 aliphatic carbocycles. The number of benzene rings is 4. The van der Waals surface area contributed by atoms with Gasteiger partial charge in [-0.2, -0.15) is 9.48 Å². The van der Waals surface area contributed by atoms with Gasteiger partial charge in [-0.25, -0.2) is 4.79 Å². The predicted octanol–water partition coefficient (Wildman–Crippen LogP) is 10.0. The third-order valence-electron chi connectivity index (χ3n) is 18.0. The van der Waals surface area contributed by atoms with Crippen LogP contribution in [-0.2, 0) is 22.7 Å². The summed E-state index contributed by atoms with van der Waals surface area (Å²) in [5.41, 5.74) is 12.7. The molecule has 6 aliphatic rings. The number of allylic oxidation sites excluding steroid dienone is 8. The third kappa shape index (κ3) is 11.8. The molecule has 1 saturated heterocycles. The number of carbonyl (C=O) groups excluding carboxylic acids is 2. The number of amides is 3. The van der Waals surface area contributed by atoms with E-state index in [1.165, 1.54) is 22.4 Å². The van der Waals surface area contributed by atoms with Gasteiger partial charge >= 0.3 is 6.09 Å². The lowest BCUT2D eigenvalue weighted by molar-refractivity contribution is -0.404. The number of likely N-dealkylation sites (N-methyl/N-ethyl adjacent to an activating group) is 1. The molecule has 456 valence electrons. The Morgan fingerprint density at radius 2 is 1.17 bits per heavy atom. The first kappa shape index (κ1) is 58.9. The monoisotopic (exact) mass is 1190 g/mol. The number of hydroxylamine groups is 2. The van der Waals surface area contributed by atoms with Crippen LogP contribution in [0.5, 0.6) is 23.0 Å². The fourth-order valence-electron chi connectivity index (χ4n) is 13.4. The molecule has 0 saturated carbocycles. The van der Waals surface area contributed by atoms with E-state index in [1.807, 2.05) is 100 Å². The van der Waals surface area contributed by atoms with E-state index in [0.29, 0.717) is 97.0 Å². The zero-order valence-electron chi connectivity index (χ0n) is 50.6. The summed E-state index contributed by atoms with van der Waals surface area (Å²) >= 11 is 0. The molecule has 3 amide bonds. The number of aromatic nitrogens is 2. The van der Waals surface area contributed by atoms with Gasteiger partial charge in [0.05, 0.1) is 51.7 Å². The number of ether oxygens (including phenoxy) is 4. The quantitative estimate of drug-likeness (QED) is 0.0394. The van der Waals surface area contributed by atoms with Crippen molar-refractivity contribution in [1.82, 2.24) is 24.3 Å². The summed E-state index contributed by atoms with van der Waals surface area (Å²) in [7, 11) is 5.30. The molecule has 88 heavy (non-hydrogen) atoms. The van der Waals surface area contributed by atoms with Gasteiger partial charge in [-0.15, -0.1) is 0 Å². The largest absolute Gasteiger partial charge is 0.618 e. The van der Waals surface area contributed by atoms with E-state index < -0.39 is 35.9 Å². The van der Waals surface area contributed by atoms with E-state index in [1.54, 1.807) is 53.3 Å². The number of hydrogen-bond donors (Lipinski definition) is 3. The molecule has 3 aliphatic heterocycles. The minimum atomic E-state index is -1.22. The van der Waals surface area contributed by atoms with E-state index in [-0.39, 0.29) is 24.3 Å². The van der Waals surface area contributed by atoms with Crippen molar-refractivity contribution < 1.29 is 47.9 Å². The Morgan fingerprint density at radius 1 is 0.670 bits per heavy atom. The van der Waals surface area contributed by atoms with Crippen LogP contribution in [0.3, 0.4) is 0 Å². The van der Waals surface area contributed by atoms with Crippen LogP contribution in [0.1, 0.15) is 79.6 Å². The van der Waals surface area contributed by atoms with Crippen molar-refractivity contribution >= 4 is 52.9 Å². The molecule has 0 spiro atoms. The van der Waals surface area contributed by atoms with Gasteiger partial charge in [0.25, 0.3) is 0 Å². The normalized spacial score (nSPS) is 18.5. The fraction of sp³-hybridized carbons (Fsp3) is 0.348. The van der Waals surface area contributed by atoms with E-state index in [4.69, 9.17) is 18.9 Å². The SMILES string of the molecule is COc1c(OCCCOc2cn3c(c2OC)C=[N+]([O-])C2=CC=C(c4ccc(N5CCN(C)CC5)cc4)CC2C3)cn2c1C=[N+]([O-])C1=CC=C(c3ccc(NC(=O)C(C)NC(=O)C(C(C)C)N(CC4c5ccccc5-c5ccccc54)C(=O)O)cc3)CC1C2. The van der Waals surface area contributed by atoms with Crippen LogP contribution >= 0.6 is 0 Å². The lowest BCUT2D eigenvalue weighted by Crippen LogP contribution is -2.56. The van der Waals surface area contributed by atoms with Gasteiger partial charge in [0.15, 0.2) is 45.8 Å². The Morgan fingerprint density at radius 3 is 1.66 bits per heavy atom. The van der Waals surface area contributed by atoms with Crippen LogP contribution in [0.4, 0.5) is 16.2 Å². The molecule has 4 aromatic carbocycles. The summed E-state index contributed by atoms with van der Waals surface area (Å²) in [4.78, 5) is 46.6. The molecule has 1 fully saturated rings. The lowest BCUT2D eigenvalue weighted by atomic mass is 9.87. The van der Waals surface area contributed by atoms with Crippen LogP contribution in [0.15, 0.2) is 145 Å². The molecule has 4 atom stereocenters. The number of fused-ring (bicyclic) bond motifs is 7. The number of piperazine rings is 1. The number of nitrogens with zero attached hydrogens (tertiary/aromatic N) is 7. The smallest absolute Gasteiger partial charge is 0.408 e. The highest BCUT2D eigenvalue weighted by atomic mass is 16.5. The highest BCUT2D eigenvalue weighted by Crippen LogP contribution is 2.46. The second kappa shape index (κ2) is 25.1. The maximum atomic E-state index is 14.0. The van der Waals surface area contributed by atoms with Crippen LogP contribution in [-0.4, -0.2) is 143 Å². The second-order valence-electron chi connectivity index (χ2n) is 23.9. The van der Waals surface area contributed by atoms with E-state index in [2.05, 4.69) is 57.8 Å². The van der Waals surface area contributed by atoms with Gasteiger partial charge in [-0.05, 0) is 102 Å². The number of carbonyl (C=O) groups is 3. The zero-order chi connectivity index (χ0) is 61.3. The summed E-state index contributed by atoms with van der Waals surface area (Å²) in [5, 5.41) is 43.7. The van der Waals surface area contributed by atoms with Gasteiger partial charge < -0.3 is 64.0 Å². The maximum absolute atomic E-state index is 14.0. The first-order valence-corrected chi connectivity index (χ1v) is 30.3. The molecule has 0 bridgehead atoms. The molecule has 19 heteroatoms. The lowest BCUT2D eigenvalue weighted by Gasteiger charge is -2.34. The number of hydrogen-bond acceptors (Lipinski definition) is 11. The summed E-state index contributed by atoms with van der Waals surface area (Å²) in [6.45, 7) is 11.0. The molecule has 6 aromatic rings. The van der Waals surface area contributed by atoms with Gasteiger partial charge in [-0.3, -0.25) is 14.5 Å². The average molecular weight is 1190 g/mol. The average Bonchev–Trinajstić information content (AvgIpc) is 3.79. The van der Waals surface area contributed by atoms with Crippen molar-refractivity contribution in [2.24, 2.45) is 17.8 Å². The molecular weight excluding hydrogens is 1110 g/mol. The number of anilines is 2. The van der Waals surface area contributed by atoms with Crippen molar-refractivity contribution in [2.75, 3.05) is 77.4 Å². The van der Waals surface area contributed by atoms with Crippen LogP contribution in [0.25, 0.3) is 22.3 Å². The number of nitrogens with one attached hydrogen (secondary N) is 2. The summed E-state index contributed by atoms with van der Waals surface area (Å²) < 4.78 is 30.2. The highest BCUT2D eigenvalue weighted by Gasteiger charge is 2.40. The minimum absolute atomic E-state index is 0.0513. The summed E-state index contributed by atoms with van der Waals surface area (Å²) in [6, 6.07) is 30.1. The standard InChI is InChI=1S/C69H75N9O10/c1-43(2)64(76(69(81)82)38-57-55-14-9-7-12-53(55)54-13-8-10-15-56(54)57)68(80)70-44(3)67(79)71-51-22-16-45(17-23-51)47-20-26-58-49(34-47)36-74-41-62(65(85-5)60(74)39-77(58)83)87-32-11-33-88-63-42-75-37-50-35-48(21-27-59(50)78(84)40-61(75)66(63)86-6)46-18-24-52(25-19-46)73-30-28-72(4)29-31-73/h7-10,12-27,39-44,49-50,57,64H,11,28-38H2,1-6H3,(H,70,80)(H,71,79)(H,81,82). The van der Waals surface area contributed by atoms with E-state index >= 15 is 0 Å². The molecule has 0 radical (unpaired) electrons. The second-order valence-corrected chi connectivity index (χ2v) is 23.9. The third-order valence-corrected chi connectivity index (χ3v) is 18.0. The van der Waals surface area contributed by atoms with Gasteiger partial charge in [0.1, 0.15) is 12.1 Å². The Hall–Kier alpha value is -9.49. The summed E-state index contributed by atoms with van der Waals surface area (Å²) in [6.07, 6.45) is 15.3. The van der Waals surface area contributed by atoms with E-state index in [9.17, 15) is 29.9 Å². The Labute approximate surface area is 512 Å². The Kier molecular flexibility index (Phi) is 16.8. The van der Waals surface area contributed by atoms with Crippen molar-refractivity contribution in [3.63, 3.8) is 0 Å². The molecule has 4 unspecified atom stereocenters. The van der Waals surface area contributed by atoms with Gasteiger partial charge in [-0.1, -0.05) is 98.8 Å². The Balaban J connectivity index is 0.633. The van der Waals surface area contributed by atoms with E-state index in [0.717, 1.165) is 74.6 Å². The van der Waals surface area contributed by atoms with Gasteiger partial charge in [0.2, 0.25) is 24.2 Å². The molecular formula is C69H75N9O10. The molecule has 12 rings (SSSR count). The highest BCUT2D eigenvalue weighted by molar-refractivity contribution is 5.98. The zero-order valence-corrected chi connectivity index (χ0v) is 50.6. The molecule has 19 nitrogen and oxygen atoms in total. The first-order chi connectivity index (χ1) is 42.6. The predicted molar refractivity (Wildman–Crippen MR) is 339 cm³/mol. The molecule has 5 heterocycles. The molecule has 2 aromatic heterocycles. The van der Waals surface area contributed by atoms with Crippen LogP contribution < -0.4 is 34.5 Å². The van der Waals surface area contributed by atoms with Crippen LogP contribution in [0, 0.1) is 28.2 Å². The van der Waals surface area contributed by atoms with Crippen molar-refractivity contribution in [3.8, 4) is 34.1 Å². The van der Waals surface area contributed by atoms with Crippen LogP contribution in [0.2, 0.25) is 0 Å². The minimum Gasteiger partial charge on any atom is -0.618 e. The molecule has 3 N–H and O–H groups in total. The first-order valence-electron chi connectivity index (χ1n) is 30.3. The van der Waals surface area contributed by atoms with Crippen molar-refractivity contribution in [1.29, 1.82) is 0 Å². The topological polar surface area (TPSA) is 204 Å². The fourth-order valence-corrected chi connectivity index (χ4v) is 13.4. The number of carboxylic acid groups (broad SMARTS) is 1.